The molecule has 4 nitrogen and oxygen atoms in total. The number of likely N-dealkylation sites (tertiary alicyclic amines) is 1. The Morgan fingerprint density at radius 2 is 2.15 bits per heavy atom. The zero-order valence-corrected chi connectivity index (χ0v) is 11.7. The molecule has 1 aliphatic rings. The lowest BCUT2D eigenvalue weighted by Crippen LogP contribution is -2.22. The normalized spacial score (nSPS) is 19.1. The zero-order chi connectivity index (χ0) is 13.9. The second-order valence-corrected chi connectivity index (χ2v) is 5.38. The van der Waals surface area contributed by atoms with Gasteiger partial charge in [0, 0.05) is 31.4 Å². The molecule has 1 aromatic heterocycles. The van der Waals surface area contributed by atoms with E-state index in [9.17, 15) is 0 Å². The second-order valence-electron chi connectivity index (χ2n) is 5.38. The number of nitrogens with zero attached hydrogens (tertiary/aromatic N) is 4. The van der Waals surface area contributed by atoms with Gasteiger partial charge in [-0.05, 0) is 37.1 Å². The lowest BCUT2D eigenvalue weighted by molar-refractivity contribution is 0.248. The summed E-state index contributed by atoms with van der Waals surface area (Å²) in [6, 6.07) is 10.5. The van der Waals surface area contributed by atoms with E-state index in [1.165, 1.54) is 24.0 Å². The highest BCUT2D eigenvalue weighted by Gasteiger charge is 2.26. The molecule has 20 heavy (non-hydrogen) atoms. The van der Waals surface area contributed by atoms with Crippen molar-refractivity contribution in [3.05, 3.63) is 53.3 Å². The Kier molecular flexibility index (Phi) is 3.53. The third-order valence-corrected chi connectivity index (χ3v) is 3.94. The minimum Gasteiger partial charge on any atom is -0.292 e. The molecule has 4 heteroatoms. The van der Waals surface area contributed by atoms with Crippen molar-refractivity contribution in [2.24, 2.45) is 7.05 Å². The topological polar surface area (TPSA) is 44.9 Å². The van der Waals surface area contributed by atoms with Crippen molar-refractivity contribution in [1.29, 1.82) is 5.26 Å². The quantitative estimate of drug-likeness (QED) is 0.858. The van der Waals surface area contributed by atoms with Gasteiger partial charge in [0.2, 0.25) is 0 Å². The first-order valence-corrected chi connectivity index (χ1v) is 6.98. The molecular weight excluding hydrogens is 248 g/mol. The van der Waals surface area contributed by atoms with E-state index in [1.54, 1.807) is 0 Å². The van der Waals surface area contributed by atoms with E-state index in [2.05, 4.69) is 34.4 Å². The smallest absolute Gasteiger partial charge is 0.0991 e. The molecule has 3 rings (SSSR count). The molecule has 0 bridgehead atoms. The van der Waals surface area contributed by atoms with Gasteiger partial charge in [-0.15, -0.1) is 0 Å². The third-order valence-electron chi connectivity index (χ3n) is 3.94. The lowest BCUT2D eigenvalue weighted by atomic mass is 10.1. The van der Waals surface area contributed by atoms with Crippen LogP contribution in [0.5, 0.6) is 0 Å². The first kappa shape index (κ1) is 12.9. The molecule has 0 saturated carbocycles. The van der Waals surface area contributed by atoms with Crippen LogP contribution in [0, 0.1) is 11.3 Å². The summed E-state index contributed by atoms with van der Waals surface area (Å²) in [6.07, 6.45) is 6.52. The Morgan fingerprint density at radius 1 is 1.35 bits per heavy atom. The van der Waals surface area contributed by atoms with Gasteiger partial charge >= 0.3 is 0 Å². The maximum absolute atomic E-state index is 8.84. The number of hydrogen-bond acceptors (Lipinski definition) is 3. The van der Waals surface area contributed by atoms with Crippen LogP contribution in [0.4, 0.5) is 0 Å². The summed E-state index contributed by atoms with van der Waals surface area (Å²) in [5.74, 6) is 0. The summed E-state index contributed by atoms with van der Waals surface area (Å²) < 4.78 is 1.87. The van der Waals surface area contributed by atoms with E-state index >= 15 is 0 Å². The fourth-order valence-corrected chi connectivity index (χ4v) is 2.92. The Labute approximate surface area is 119 Å². The molecule has 2 aromatic rings. The predicted molar refractivity (Wildman–Crippen MR) is 76.8 cm³/mol. The maximum atomic E-state index is 8.84. The van der Waals surface area contributed by atoms with E-state index in [1.807, 2.05) is 30.1 Å². The number of hydrogen-bond donors (Lipinski definition) is 0. The van der Waals surface area contributed by atoms with Crippen LogP contribution in [0.2, 0.25) is 0 Å². The monoisotopic (exact) mass is 266 g/mol. The Bertz CT molecular complexity index is 621. The lowest BCUT2D eigenvalue weighted by Gasteiger charge is -2.23. The van der Waals surface area contributed by atoms with Crippen molar-refractivity contribution in [3.8, 4) is 6.07 Å². The highest BCUT2D eigenvalue weighted by molar-refractivity contribution is 5.31. The molecule has 0 spiro atoms. The van der Waals surface area contributed by atoms with Crippen LogP contribution >= 0.6 is 0 Å². The molecule has 1 saturated heterocycles. The summed E-state index contributed by atoms with van der Waals surface area (Å²) in [5.41, 5.74) is 3.29. The van der Waals surface area contributed by atoms with Crippen LogP contribution in [0.15, 0.2) is 36.7 Å². The van der Waals surface area contributed by atoms with Gasteiger partial charge in [-0.3, -0.25) is 9.58 Å². The largest absolute Gasteiger partial charge is 0.292 e. The Morgan fingerprint density at radius 3 is 2.80 bits per heavy atom. The van der Waals surface area contributed by atoms with Gasteiger partial charge in [0.05, 0.1) is 17.8 Å². The number of rotatable bonds is 3. The summed E-state index contributed by atoms with van der Waals surface area (Å²) in [7, 11) is 1.96. The Balaban J connectivity index is 1.74. The van der Waals surface area contributed by atoms with Gasteiger partial charge in [0.15, 0.2) is 0 Å². The molecule has 0 radical (unpaired) electrons. The molecule has 2 heterocycles. The van der Waals surface area contributed by atoms with Gasteiger partial charge < -0.3 is 0 Å². The third kappa shape index (κ3) is 2.59. The standard InChI is InChI=1S/C16H18N4/c1-19-12-15(10-18-19)16-3-2-8-20(16)11-14-6-4-13(9-17)5-7-14/h4-7,10,12,16H,2-3,8,11H2,1H3/t16-/m1/s1. The minimum atomic E-state index is 0.472. The SMILES string of the molecule is Cn1cc([C@H]2CCCN2Cc2ccc(C#N)cc2)cn1. The maximum Gasteiger partial charge on any atom is 0.0991 e. The molecule has 0 amide bonds. The van der Waals surface area contributed by atoms with Crippen molar-refractivity contribution in [1.82, 2.24) is 14.7 Å². The van der Waals surface area contributed by atoms with Crippen LogP contribution in [0.3, 0.4) is 0 Å². The summed E-state index contributed by atoms with van der Waals surface area (Å²) in [6.45, 7) is 2.06. The number of nitriles is 1. The predicted octanol–water partition coefficient (Wildman–Crippen LogP) is 2.63. The molecule has 1 aromatic carbocycles. The van der Waals surface area contributed by atoms with Gasteiger partial charge in [0.1, 0.15) is 0 Å². The molecule has 0 unspecified atom stereocenters. The van der Waals surface area contributed by atoms with Crippen LogP contribution in [0.25, 0.3) is 0 Å². The number of benzene rings is 1. The van der Waals surface area contributed by atoms with E-state index in [4.69, 9.17) is 5.26 Å². The van der Waals surface area contributed by atoms with E-state index in [0.717, 1.165) is 18.7 Å². The zero-order valence-electron chi connectivity index (χ0n) is 11.7. The van der Waals surface area contributed by atoms with Gasteiger partial charge in [-0.1, -0.05) is 12.1 Å². The molecule has 1 atom stereocenters. The van der Waals surface area contributed by atoms with E-state index in [-0.39, 0.29) is 0 Å². The molecule has 102 valence electrons. The molecule has 1 aliphatic heterocycles. The van der Waals surface area contributed by atoms with Gasteiger partial charge in [-0.2, -0.15) is 10.4 Å². The van der Waals surface area contributed by atoms with E-state index in [0.29, 0.717) is 6.04 Å². The van der Waals surface area contributed by atoms with Crippen molar-refractivity contribution in [2.45, 2.75) is 25.4 Å². The van der Waals surface area contributed by atoms with Crippen LogP contribution in [0.1, 0.15) is 35.6 Å². The highest BCUT2D eigenvalue weighted by Crippen LogP contribution is 2.32. The average molecular weight is 266 g/mol. The van der Waals surface area contributed by atoms with Crippen LogP contribution in [-0.2, 0) is 13.6 Å². The summed E-state index contributed by atoms with van der Waals surface area (Å²) in [4.78, 5) is 2.50. The molecular formula is C16H18N4. The minimum absolute atomic E-state index is 0.472. The van der Waals surface area contributed by atoms with E-state index < -0.39 is 0 Å². The van der Waals surface area contributed by atoms with Gasteiger partial charge in [-0.25, -0.2) is 0 Å². The fourth-order valence-electron chi connectivity index (χ4n) is 2.92. The van der Waals surface area contributed by atoms with Crippen molar-refractivity contribution >= 4 is 0 Å². The number of aryl methyl sites for hydroxylation is 1. The second kappa shape index (κ2) is 5.48. The molecule has 0 N–H and O–H groups in total. The number of aromatic nitrogens is 2. The van der Waals surface area contributed by atoms with Crippen molar-refractivity contribution < 1.29 is 0 Å². The molecule has 1 fully saturated rings. The average Bonchev–Trinajstić information content (AvgIpc) is 3.08. The van der Waals surface area contributed by atoms with Crippen LogP contribution in [-0.4, -0.2) is 21.2 Å². The summed E-state index contributed by atoms with van der Waals surface area (Å²) in [5, 5.41) is 13.1. The van der Waals surface area contributed by atoms with Crippen molar-refractivity contribution in [2.75, 3.05) is 6.54 Å². The van der Waals surface area contributed by atoms with Crippen molar-refractivity contribution in [3.63, 3.8) is 0 Å². The van der Waals surface area contributed by atoms with Crippen LogP contribution < -0.4 is 0 Å². The first-order chi connectivity index (χ1) is 9.76. The van der Waals surface area contributed by atoms with Gasteiger partial charge in [0.25, 0.3) is 0 Å². The Hall–Kier alpha value is -2.12. The fraction of sp³-hybridized carbons (Fsp3) is 0.375. The molecule has 0 aliphatic carbocycles. The first-order valence-electron chi connectivity index (χ1n) is 6.98. The summed E-state index contributed by atoms with van der Waals surface area (Å²) >= 11 is 0. The highest BCUT2D eigenvalue weighted by atomic mass is 15.3.